The van der Waals surface area contributed by atoms with Crippen LogP contribution in [0.2, 0.25) is 0 Å². The largest absolute Gasteiger partial charge is 0.346 e. The third kappa shape index (κ3) is 6.39. The number of thiazole rings is 1. The molecule has 1 amide bonds. The molecule has 1 aromatic heterocycles. The van der Waals surface area contributed by atoms with E-state index in [0.29, 0.717) is 12.8 Å². The van der Waals surface area contributed by atoms with Crippen molar-refractivity contribution in [3.63, 3.8) is 0 Å². The van der Waals surface area contributed by atoms with E-state index in [9.17, 15) is 14.9 Å². The van der Waals surface area contributed by atoms with Crippen LogP contribution >= 0.6 is 11.3 Å². The molecule has 0 radical (unpaired) electrons. The van der Waals surface area contributed by atoms with E-state index in [2.05, 4.69) is 5.32 Å². The first-order valence-corrected chi connectivity index (χ1v) is 12.5. The van der Waals surface area contributed by atoms with Gasteiger partial charge in [-0.25, -0.2) is 4.98 Å². The van der Waals surface area contributed by atoms with E-state index in [0.717, 1.165) is 33.8 Å². The van der Waals surface area contributed by atoms with Crippen LogP contribution < -0.4 is 5.32 Å². The highest BCUT2D eigenvalue weighted by Crippen LogP contribution is 2.27. The second kappa shape index (κ2) is 11.5. The molecule has 2 unspecified atom stereocenters. The predicted octanol–water partition coefficient (Wildman–Crippen LogP) is 6.04. The molecule has 0 saturated heterocycles. The van der Waals surface area contributed by atoms with Crippen molar-refractivity contribution >= 4 is 22.9 Å². The van der Waals surface area contributed by atoms with Crippen molar-refractivity contribution in [3.05, 3.63) is 128 Å². The van der Waals surface area contributed by atoms with Gasteiger partial charge in [-0.1, -0.05) is 79.7 Å². The molecule has 0 aliphatic rings. The lowest BCUT2D eigenvalue weighted by atomic mass is 9.90. The lowest BCUT2D eigenvalue weighted by Crippen LogP contribution is -2.35. The fourth-order valence-corrected chi connectivity index (χ4v) is 4.96. The molecule has 2 atom stereocenters. The molecule has 178 valence electrons. The maximum Gasteiger partial charge on any atom is 0.269 e. The van der Waals surface area contributed by atoms with Crippen molar-refractivity contribution in [1.29, 1.82) is 0 Å². The summed E-state index contributed by atoms with van der Waals surface area (Å²) in [4.78, 5) is 29.1. The average molecular weight is 486 g/mol. The molecule has 0 aliphatic carbocycles. The summed E-state index contributed by atoms with van der Waals surface area (Å²) in [5, 5.41) is 17.1. The Balaban J connectivity index is 1.61. The van der Waals surface area contributed by atoms with Crippen LogP contribution in [0.25, 0.3) is 0 Å². The normalized spacial score (nSPS) is 12.6. The Morgan fingerprint density at radius 1 is 0.943 bits per heavy atom. The highest BCUT2D eigenvalue weighted by molar-refractivity contribution is 7.09. The van der Waals surface area contributed by atoms with E-state index >= 15 is 0 Å². The van der Waals surface area contributed by atoms with Crippen LogP contribution in [0.3, 0.4) is 0 Å². The van der Waals surface area contributed by atoms with Crippen molar-refractivity contribution in [1.82, 2.24) is 10.3 Å². The number of carbonyl (C=O) groups excluding carboxylic acids is 1. The van der Waals surface area contributed by atoms with Crippen molar-refractivity contribution in [2.24, 2.45) is 0 Å². The van der Waals surface area contributed by atoms with Gasteiger partial charge in [0.2, 0.25) is 5.91 Å². The van der Waals surface area contributed by atoms with Crippen LogP contribution in [0, 0.1) is 10.1 Å². The zero-order chi connectivity index (χ0) is 24.6. The Morgan fingerprint density at radius 2 is 1.57 bits per heavy atom. The zero-order valence-electron chi connectivity index (χ0n) is 19.5. The summed E-state index contributed by atoms with van der Waals surface area (Å²) < 4.78 is 0. The number of aromatic nitrogens is 1. The summed E-state index contributed by atoms with van der Waals surface area (Å²) in [6, 6.07) is 25.9. The number of non-ortho nitro benzene ring substituents is 1. The Morgan fingerprint density at radius 3 is 2.17 bits per heavy atom. The first-order valence-electron chi connectivity index (χ1n) is 11.6. The minimum Gasteiger partial charge on any atom is -0.346 e. The first-order chi connectivity index (χ1) is 17.0. The minimum atomic E-state index is -0.411. The number of nitrogens with zero attached hydrogens (tertiary/aromatic N) is 2. The van der Waals surface area contributed by atoms with Crippen LogP contribution in [0.4, 0.5) is 5.69 Å². The molecule has 0 saturated carbocycles. The molecule has 1 heterocycles. The summed E-state index contributed by atoms with van der Waals surface area (Å²) in [7, 11) is 0. The third-order valence-electron chi connectivity index (χ3n) is 5.93. The van der Waals surface area contributed by atoms with E-state index < -0.39 is 4.92 Å². The molecule has 0 bridgehead atoms. The van der Waals surface area contributed by atoms with Gasteiger partial charge in [0.05, 0.1) is 22.6 Å². The number of hydrogen-bond donors (Lipinski definition) is 1. The van der Waals surface area contributed by atoms with Gasteiger partial charge in [0, 0.05) is 17.5 Å². The van der Waals surface area contributed by atoms with Crippen LogP contribution in [0.5, 0.6) is 0 Å². The van der Waals surface area contributed by atoms with E-state index in [1.54, 1.807) is 12.1 Å². The highest BCUT2D eigenvalue weighted by Gasteiger charge is 2.26. The Bertz CT molecular complexity index is 1260. The zero-order valence-corrected chi connectivity index (χ0v) is 20.3. The van der Waals surface area contributed by atoms with Gasteiger partial charge in [0.1, 0.15) is 5.01 Å². The number of rotatable bonds is 10. The molecule has 3 aromatic carbocycles. The number of nitrogens with one attached hydrogen (secondary N) is 1. The van der Waals surface area contributed by atoms with Gasteiger partial charge in [0.25, 0.3) is 5.69 Å². The fraction of sp³-hybridized carbons (Fsp3) is 0.214. The number of benzene rings is 3. The number of hydrogen-bond acceptors (Lipinski definition) is 5. The van der Waals surface area contributed by atoms with Gasteiger partial charge in [-0.2, -0.15) is 0 Å². The van der Waals surface area contributed by atoms with Gasteiger partial charge >= 0.3 is 0 Å². The predicted molar refractivity (Wildman–Crippen MR) is 139 cm³/mol. The van der Waals surface area contributed by atoms with Crippen LogP contribution in [0.1, 0.15) is 46.3 Å². The third-order valence-corrected chi connectivity index (χ3v) is 6.94. The summed E-state index contributed by atoms with van der Waals surface area (Å²) in [6.07, 6.45) is 1.89. The van der Waals surface area contributed by atoms with Gasteiger partial charge in [-0.05, 0) is 36.0 Å². The van der Waals surface area contributed by atoms with E-state index in [1.807, 2.05) is 73.0 Å². The molecule has 0 aliphatic heterocycles. The monoisotopic (exact) mass is 485 g/mol. The van der Waals surface area contributed by atoms with Gasteiger partial charge in [-0.15, -0.1) is 11.3 Å². The van der Waals surface area contributed by atoms with Crippen molar-refractivity contribution in [3.8, 4) is 0 Å². The molecule has 35 heavy (non-hydrogen) atoms. The van der Waals surface area contributed by atoms with E-state index in [-0.39, 0.29) is 23.6 Å². The molecule has 0 spiro atoms. The molecule has 0 fully saturated rings. The number of amides is 1. The molecule has 7 heteroatoms. The second-order valence-corrected chi connectivity index (χ2v) is 9.26. The average Bonchev–Trinajstić information content (AvgIpc) is 3.38. The highest BCUT2D eigenvalue weighted by atomic mass is 32.1. The fourth-order valence-electron chi connectivity index (χ4n) is 4.00. The Labute approximate surface area is 208 Å². The standard InChI is InChI=1S/C28H27N3O3S/c1-2-23-19-35-28(29-23)26(18-21-13-15-24(16-14-21)31(33)34)30-27(32)25(22-11-7-4-8-12-22)17-20-9-5-3-6-10-20/h3-16,19,25-26H,2,17-18H2,1H3,(H,30,32). The molecule has 4 aromatic rings. The van der Waals surface area contributed by atoms with Crippen molar-refractivity contribution in [2.45, 2.75) is 38.1 Å². The molecule has 6 nitrogen and oxygen atoms in total. The SMILES string of the molecule is CCc1csc(C(Cc2ccc([N+](=O)[O-])cc2)NC(=O)C(Cc2ccccc2)c2ccccc2)n1. The number of nitro benzene ring substituents is 1. The molecular weight excluding hydrogens is 458 g/mol. The van der Waals surface area contributed by atoms with Crippen LogP contribution in [0.15, 0.2) is 90.3 Å². The number of nitro groups is 1. The van der Waals surface area contributed by atoms with Crippen LogP contribution in [-0.2, 0) is 24.1 Å². The summed E-state index contributed by atoms with van der Waals surface area (Å²) >= 11 is 1.53. The van der Waals surface area contributed by atoms with Gasteiger partial charge < -0.3 is 5.32 Å². The summed E-state index contributed by atoms with van der Waals surface area (Å²) in [6.45, 7) is 2.05. The quantitative estimate of drug-likeness (QED) is 0.219. The smallest absolute Gasteiger partial charge is 0.269 e. The lowest BCUT2D eigenvalue weighted by molar-refractivity contribution is -0.384. The molecular formula is C28H27N3O3S. The maximum absolute atomic E-state index is 13.7. The van der Waals surface area contributed by atoms with Crippen molar-refractivity contribution in [2.75, 3.05) is 0 Å². The maximum atomic E-state index is 13.7. The first kappa shape index (κ1) is 24.3. The number of carbonyl (C=O) groups is 1. The summed E-state index contributed by atoms with van der Waals surface area (Å²) in [5.41, 5.74) is 3.97. The van der Waals surface area contributed by atoms with Gasteiger partial charge in [-0.3, -0.25) is 14.9 Å². The summed E-state index contributed by atoms with van der Waals surface area (Å²) in [5.74, 6) is -0.427. The molecule has 1 N–H and O–H groups in total. The molecule has 4 rings (SSSR count). The second-order valence-electron chi connectivity index (χ2n) is 8.37. The van der Waals surface area contributed by atoms with Crippen LogP contribution in [-0.4, -0.2) is 15.8 Å². The lowest BCUT2D eigenvalue weighted by Gasteiger charge is -2.22. The Kier molecular flexibility index (Phi) is 8.00. The minimum absolute atomic E-state index is 0.0452. The van der Waals surface area contributed by atoms with E-state index in [4.69, 9.17) is 4.98 Å². The topological polar surface area (TPSA) is 85.1 Å². The number of aryl methyl sites for hydroxylation is 1. The Hall–Kier alpha value is -3.84. The van der Waals surface area contributed by atoms with Crippen molar-refractivity contribution < 1.29 is 9.72 Å². The van der Waals surface area contributed by atoms with Gasteiger partial charge in [0.15, 0.2) is 0 Å². The van der Waals surface area contributed by atoms with E-state index in [1.165, 1.54) is 23.5 Å².